The molecule has 0 heterocycles. The number of halogens is 2. The summed E-state index contributed by atoms with van der Waals surface area (Å²) in [6.45, 7) is 0.331. The Balaban J connectivity index is 2.09. The molecule has 0 spiro atoms. The molecule has 1 N–H and O–H groups in total. The molecular weight excluding hydrogens is 263 g/mol. The van der Waals surface area contributed by atoms with Crippen molar-refractivity contribution in [3.05, 3.63) is 64.9 Å². The summed E-state index contributed by atoms with van der Waals surface area (Å²) in [4.78, 5) is 0. The van der Waals surface area contributed by atoms with E-state index < -0.39 is 0 Å². The third kappa shape index (κ3) is 3.46. The van der Waals surface area contributed by atoms with Gasteiger partial charge in [-0.05, 0) is 23.8 Å². The number of nitriles is 1. The van der Waals surface area contributed by atoms with Crippen LogP contribution in [0.1, 0.15) is 11.5 Å². The van der Waals surface area contributed by atoms with Crippen LogP contribution in [0.2, 0.25) is 5.02 Å². The van der Waals surface area contributed by atoms with E-state index in [1.165, 1.54) is 18.2 Å². The number of anilines is 1. The highest BCUT2D eigenvalue weighted by Crippen LogP contribution is 2.21. The van der Waals surface area contributed by atoms with E-state index in [1.807, 2.05) is 30.3 Å². The zero-order valence-corrected chi connectivity index (χ0v) is 10.9. The second kappa shape index (κ2) is 6.21. The van der Waals surface area contributed by atoms with Gasteiger partial charge in [-0.3, -0.25) is 0 Å². The van der Waals surface area contributed by atoms with Gasteiger partial charge in [-0.1, -0.05) is 41.9 Å². The predicted octanol–water partition coefficient (Wildman–Crippen LogP) is 4.20. The minimum atomic E-state index is -0.380. The van der Waals surface area contributed by atoms with Gasteiger partial charge in [-0.25, -0.2) is 4.39 Å². The SMILES string of the molecule is N#CC(CNc1cc(Cl)ccc1F)c1ccccc1. The lowest BCUT2D eigenvalue weighted by Gasteiger charge is -2.12. The molecule has 2 aromatic rings. The molecule has 0 fully saturated rings. The number of rotatable bonds is 4. The van der Waals surface area contributed by atoms with E-state index in [4.69, 9.17) is 11.6 Å². The van der Waals surface area contributed by atoms with E-state index in [-0.39, 0.29) is 11.7 Å². The fourth-order valence-corrected chi connectivity index (χ4v) is 1.94. The highest BCUT2D eigenvalue weighted by atomic mass is 35.5. The molecule has 0 aliphatic heterocycles. The lowest BCUT2D eigenvalue weighted by molar-refractivity contribution is 0.629. The van der Waals surface area contributed by atoms with Gasteiger partial charge in [-0.2, -0.15) is 5.26 Å². The van der Waals surface area contributed by atoms with Crippen molar-refractivity contribution >= 4 is 17.3 Å². The van der Waals surface area contributed by atoms with Gasteiger partial charge in [0.25, 0.3) is 0 Å². The molecule has 4 heteroatoms. The summed E-state index contributed by atoms with van der Waals surface area (Å²) in [5, 5.41) is 12.5. The average Bonchev–Trinajstić information content (AvgIpc) is 2.44. The van der Waals surface area contributed by atoms with E-state index in [2.05, 4.69) is 11.4 Å². The molecule has 0 radical (unpaired) electrons. The maximum Gasteiger partial charge on any atom is 0.146 e. The van der Waals surface area contributed by atoms with Crippen LogP contribution >= 0.6 is 11.6 Å². The maximum atomic E-state index is 13.5. The second-order valence-corrected chi connectivity index (χ2v) is 4.53. The van der Waals surface area contributed by atoms with Crippen LogP contribution in [0.3, 0.4) is 0 Å². The van der Waals surface area contributed by atoms with E-state index >= 15 is 0 Å². The van der Waals surface area contributed by atoms with Gasteiger partial charge in [0.15, 0.2) is 0 Å². The molecule has 0 aliphatic rings. The highest BCUT2D eigenvalue weighted by molar-refractivity contribution is 6.30. The van der Waals surface area contributed by atoms with Crippen molar-refractivity contribution in [2.75, 3.05) is 11.9 Å². The summed E-state index contributed by atoms with van der Waals surface area (Å²) in [6.07, 6.45) is 0. The standard InChI is InChI=1S/C15H12ClFN2/c16-13-6-7-14(17)15(8-13)19-10-12(9-18)11-4-2-1-3-5-11/h1-8,12,19H,10H2. The highest BCUT2D eigenvalue weighted by Gasteiger charge is 2.11. The van der Waals surface area contributed by atoms with Crippen molar-refractivity contribution in [1.82, 2.24) is 0 Å². The molecule has 0 amide bonds. The summed E-state index contributed by atoms with van der Waals surface area (Å²) in [7, 11) is 0. The first kappa shape index (κ1) is 13.4. The van der Waals surface area contributed by atoms with Gasteiger partial charge in [0.1, 0.15) is 5.82 Å². The van der Waals surface area contributed by atoms with Gasteiger partial charge in [0, 0.05) is 11.6 Å². The fraction of sp³-hybridized carbons (Fsp3) is 0.133. The third-order valence-electron chi connectivity index (χ3n) is 2.78. The molecule has 0 bridgehead atoms. The van der Waals surface area contributed by atoms with Crippen LogP contribution in [0.4, 0.5) is 10.1 Å². The molecule has 0 saturated carbocycles. The van der Waals surface area contributed by atoms with Crippen LogP contribution in [-0.4, -0.2) is 6.54 Å². The van der Waals surface area contributed by atoms with Crippen LogP contribution in [-0.2, 0) is 0 Å². The van der Waals surface area contributed by atoms with E-state index in [1.54, 1.807) is 0 Å². The summed E-state index contributed by atoms with van der Waals surface area (Å²) >= 11 is 5.81. The van der Waals surface area contributed by atoms with Crippen molar-refractivity contribution in [2.24, 2.45) is 0 Å². The average molecular weight is 275 g/mol. The molecule has 2 nitrogen and oxygen atoms in total. The monoisotopic (exact) mass is 274 g/mol. The maximum absolute atomic E-state index is 13.5. The van der Waals surface area contributed by atoms with Crippen molar-refractivity contribution in [2.45, 2.75) is 5.92 Å². The van der Waals surface area contributed by atoms with Crippen LogP contribution in [0, 0.1) is 17.1 Å². The van der Waals surface area contributed by atoms with Gasteiger partial charge in [-0.15, -0.1) is 0 Å². The molecule has 0 aliphatic carbocycles. The van der Waals surface area contributed by atoms with Crippen LogP contribution in [0.25, 0.3) is 0 Å². The lowest BCUT2D eigenvalue weighted by Crippen LogP contribution is -2.12. The topological polar surface area (TPSA) is 35.8 Å². The minimum absolute atomic E-state index is 0.309. The summed E-state index contributed by atoms with van der Waals surface area (Å²) < 4.78 is 13.5. The zero-order chi connectivity index (χ0) is 13.7. The van der Waals surface area contributed by atoms with Gasteiger partial charge in [0.2, 0.25) is 0 Å². The molecule has 1 unspecified atom stereocenters. The van der Waals surface area contributed by atoms with E-state index in [0.29, 0.717) is 17.3 Å². The Bertz CT molecular complexity index is 593. The normalized spacial score (nSPS) is 11.6. The number of hydrogen-bond donors (Lipinski definition) is 1. The Morgan fingerprint density at radius 1 is 1.21 bits per heavy atom. The first-order valence-corrected chi connectivity index (χ1v) is 6.22. The quantitative estimate of drug-likeness (QED) is 0.907. The summed E-state index contributed by atoms with van der Waals surface area (Å²) in [5.41, 5.74) is 1.21. The Morgan fingerprint density at radius 2 is 1.95 bits per heavy atom. The van der Waals surface area contributed by atoms with Gasteiger partial charge >= 0.3 is 0 Å². The van der Waals surface area contributed by atoms with Gasteiger partial charge < -0.3 is 5.32 Å². The first-order chi connectivity index (χ1) is 9.20. The van der Waals surface area contributed by atoms with Crippen LogP contribution < -0.4 is 5.32 Å². The molecule has 1 atom stereocenters. The Morgan fingerprint density at radius 3 is 2.63 bits per heavy atom. The molecule has 96 valence electrons. The molecule has 0 saturated heterocycles. The smallest absolute Gasteiger partial charge is 0.146 e. The Kier molecular flexibility index (Phi) is 4.38. The Hall–Kier alpha value is -2.05. The zero-order valence-electron chi connectivity index (χ0n) is 10.1. The van der Waals surface area contributed by atoms with E-state index in [9.17, 15) is 9.65 Å². The third-order valence-corrected chi connectivity index (χ3v) is 3.02. The van der Waals surface area contributed by atoms with Gasteiger partial charge in [0.05, 0.1) is 17.7 Å². The molecule has 2 rings (SSSR count). The fourth-order valence-electron chi connectivity index (χ4n) is 1.77. The summed E-state index contributed by atoms with van der Waals surface area (Å²) in [6, 6.07) is 15.9. The van der Waals surface area contributed by atoms with Crippen LogP contribution in [0.5, 0.6) is 0 Å². The largest absolute Gasteiger partial charge is 0.381 e. The molecule has 2 aromatic carbocycles. The number of nitrogens with one attached hydrogen (secondary N) is 1. The second-order valence-electron chi connectivity index (χ2n) is 4.10. The van der Waals surface area contributed by atoms with Crippen molar-refractivity contribution in [3.8, 4) is 6.07 Å². The van der Waals surface area contributed by atoms with Crippen molar-refractivity contribution in [1.29, 1.82) is 5.26 Å². The predicted molar refractivity (Wildman–Crippen MR) is 74.7 cm³/mol. The van der Waals surface area contributed by atoms with Crippen molar-refractivity contribution < 1.29 is 4.39 Å². The molecule has 0 aromatic heterocycles. The lowest BCUT2D eigenvalue weighted by atomic mass is 10.0. The molecular formula is C15H12ClFN2. The van der Waals surface area contributed by atoms with Crippen LogP contribution in [0.15, 0.2) is 48.5 Å². The number of hydrogen-bond acceptors (Lipinski definition) is 2. The Labute approximate surface area is 116 Å². The summed E-state index contributed by atoms with van der Waals surface area (Å²) in [5.74, 6) is -0.714. The van der Waals surface area contributed by atoms with Crippen molar-refractivity contribution in [3.63, 3.8) is 0 Å². The van der Waals surface area contributed by atoms with E-state index in [0.717, 1.165) is 5.56 Å². The first-order valence-electron chi connectivity index (χ1n) is 5.84. The number of benzene rings is 2. The number of nitrogens with zero attached hydrogens (tertiary/aromatic N) is 1. The minimum Gasteiger partial charge on any atom is -0.381 e. The molecule has 19 heavy (non-hydrogen) atoms.